The first-order valence-electron chi connectivity index (χ1n) is 9.71. The standard InChI is InChI=1S/C21H22N6O4/c1-11-6-15(26-4-5-31-19-17(20(26)28)18(22)23-10-24-19)7-12(2)16(11)14-8-25-27(9-14)13(3)21(29)30/h6-10,13H,4-5H2,1-3H3,(H,29,30)(H2,22,23,24). The number of carbonyl (C=O) groups is 2. The van der Waals surface area contributed by atoms with E-state index in [9.17, 15) is 14.7 Å². The molecule has 1 aromatic carbocycles. The fraction of sp³-hybridized carbons (Fsp3) is 0.286. The zero-order valence-electron chi connectivity index (χ0n) is 17.4. The molecule has 1 unspecified atom stereocenters. The molecule has 1 aliphatic rings. The van der Waals surface area contributed by atoms with Crippen molar-refractivity contribution in [2.24, 2.45) is 0 Å². The number of carboxylic acids is 1. The molecule has 10 nitrogen and oxygen atoms in total. The first-order chi connectivity index (χ1) is 14.8. The molecule has 0 fully saturated rings. The number of nitrogens with two attached hydrogens (primary N) is 1. The minimum Gasteiger partial charge on any atom is -0.480 e. The van der Waals surface area contributed by atoms with Crippen LogP contribution in [0.5, 0.6) is 5.88 Å². The van der Waals surface area contributed by atoms with Gasteiger partial charge < -0.3 is 20.5 Å². The van der Waals surface area contributed by atoms with Crippen molar-refractivity contribution >= 4 is 23.4 Å². The molecule has 3 N–H and O–H groups in total. The van der Waals surface area contributed by atoms with Crippen molar-refractivity contribution in [3.05, 3.63) is 47.5 Å². The predicted molar refractivity (Wildman–Crippen MR) is 113 cm³/mol. The van der Waals surface area contributed by atoms with E-state index in [4.69, 9.17) is 10.5 Å². The summed E-state index contributed by atoms with van der Waals surface area (Å²) in [6.45, 7) is 6.06. The van der Waals surface area contributed by atoms with Crippen LogP contribution in [0.1, 0.15) is 34.5 Å². The summed E-state index contributed by atoms with van der Waals surface area (Å²) in [5.41, 5.74) is 10.4. The lowest BCUT2D eigenvalue weighted by Crippen LogP contribution is -2.33. The highest BCUT2D eigenvalue weighted by molar-refractivity contribution is 6.10. The lowest BCUT2D eigenvalue weighted by molar-refractivity contribution is -0.140. The van der Waals surface area contributed by atoms with Gasteiger partial charge in [0.25, 0.3) is 5.91 Å². The molecule has 0 radical (unpaired) electrons. The number of nitrogens with zero attached hydrogens (tertiary/aromatic N) is 5. The van der Waals surface area contributed by atoms with Crippen molar-refractivity contribution in [1.29, 1.82) is 0 Å². The zero-order valence-corrected chi connectivity index (χ0v) is 17.4. The van der Waals surface area contributed by atoms with Gasteiger partial charge in [0, 0.05) is 17.4 Å². The number of hydrogen-bond acceptors (Lipinski definition) is 7. The predicted octanol–water partition coefficient (Wildman–Crippen LogP) is 2.22. The molecule has 3 aromatic rings. The zero-order chi connectivity index (χ0) is 22.3. The van der Waals surface area contributed by atoms with Gasteiger partial charge in [-0.1, -0.05) is 0 Å². The van der Waals surface area contributed by atoms with Crippen LogP contribution >= 0.6 is 0 Å². The van der Waals surface area contributed by atoms with Crippen molar-refractivity contribution in [1.82, 2.24) is 19.7 Å². The lowest BCUT2D eigenvalue weighted by atomic mass is 9.96. The van der Waals surface area contributed by atoms with E-state index in [1.807, 2.05) is 26.0 Å². The summed E-state index contributed by atoms with van der Waals surface area (Å²) in [6.07, 6.45) is 4.63. The number of aliphatic carboxylic acids is 1. The van der Waals surface area contributed by atoms with Crippen LogP contribution in [0, 0.1) is 13.8 Å². The van der Waals surface area contributed by atoms with Crippen molar-refractivity contribution in [3.8, 4) is 17.0 Å². The van der Waals surface area contributed by atoms with E-state index in [0.717, 1.165) is 22.3 Å². The van der Waals surface area contributed by atoms with Crippen LogP contribution in [-0.4, -0.2) is 49.9 Å². The minimum atomic E-state index is -0.955. The number of carboxylic acid groups (broad SMARTS) is 1. The highest BCUT2D eigenvalue weighted by Gasteiger charge is 2.29. The Hall–Kier alpha value is -3.95. The van der Waals surface area contributed by atoms with Gasteiger partial charge in [0.1, 0.15) is 30.4 Å². The number of hydrogen-bond donors (Lipinski definition) is 2. The molecule has 4 rings (SSSR count). The van der Waals surface area contributed by atoms with Crippen molar-refractivity contribution in [2.75, 3.05) is 23.8 Å². The maximum atomic E-state index is 13.2. The second-order valence-electron chi connectivity index (χ2n) is 7.42. The third-order valence-corrected chi connectivity index (χ3v) is 5.33. The fourth-order valence-electron chi connectivity index (χ4n) is 3.75. The summed E-state index contributed by atoms with van der Waals surface area (Å²) < 4.78 is 7.01. The average Bonchev–Trinajstić information content (AvgIpc) is 3.12. The number of fused-ring (bicyclic) bond motifs is 1. The summed E-state index contributed by atoms with van der Waals surface area (Å²) in [6, 6.07) is 3.04. The molecule has 1 aliphatic heterocycles. The molecule has 0 saturated heterocycles. The summed E-state index contributed by atoms with van der Waals surface area (Å²) in [5.74, 6) is -1.01. The minimum absolute atomic E-state index is 0.0759. The van der Waals surface area contributed by atoms with Crippen molar-refractivity contribution in [2.45, 2.75) is 26.8 Å². The number of aromatic nitrogens is 4. The van der Waals surface area contributed by atoms with Crippen LogP contribution in [0.25, 0.3) is 11.1 Å². The van der Waals surface area contributed by atoms with Crippen molar-refractivity contribution in [3.63, 3.8) is 0 Å². The monoisotopic (exact) mass is 422 g/mol. The van der Waals surface area contributed by atoms with Gasteiger partial charge in [-0.25, -0.2) is 14.8 Å². The van der Waals surface area contributed by atoms with Gasteiger partial charge in [0.05, 0.1) is 12.7 Å². The maximum absolute atomic E-state index is 13.2. The number of nitrogen functional groups attached to an aromatic ring is 1. The lowest BCUT2D eigenvalue weighted by Gasteiger charge is -2.22. The van der Waals surface area contributed by atoms with E-state index in [1.165, 1.54) is 11.0 Å². The molecule has 160 valence electrons. The Morgan fingerprint density at radius 2 is 1.94 bits per heavy atom. The van der Waals surface area contributed by atoms with Gasteiger partial charge in [-0.2, -0.15) is 5.10 Å². The molecule has 0 aliphatic carbocycles. The Kier molecular flexibility index (Phi) is 5.05. The highest BCUT2D eigenvalue weighted by atomic mass is 16.5. The van der Waals surface area contributed by atoms with E-state index in [1.54, 1.807) is 24.2 Å². The van der Waals surface area contributed by atoms with Gasteiger partial charge in [0.2, 0.25) is 5.88 Å². The molecule has 0 saturated carbocycles. The van der Waals surface area contributed by atoms with E-state index in [2.05, 4.69) is 15.1 Å². The number of benzene rings is 1. The molecular weight excluding hydrogens is 400 g/mol. The second kappa shape index (κ2) is 7.71. The van der Waals surface area contributed by atoms with Crippen LogP contribution < -0.4 is 15.4 Å². The number of aryl methyl sites for hydroxylation is 2. The Morgan fingerprint density at radius 1 is 1.23 bits per heavy atom. The molecule has 1 atom stereocenters. The Labute approximate surface area is 178 Å². The average molecular weight is 422 g/mol. The third kappa shape index (κ3) is 3.56. The molecule has 31 heavy (non-hydrogen) atoms. The normalized spacial score (nSPS) is 14.5. The molecule has 0 bridgehead atoms. The first-order valence-corrected chi connectivity index (χ1v) is 9.71. The van der Waals surface area contributed by atoms with Crippen LogP contribution in [0.3, 0.4) is 0 Å². The van der Waals surface area contributed by atoms with E-state index in [0.29, 0.717) is 12.2 Å². The summed E-state index contributed by atoms with van der Waals surface area (Å²) in [4.78, 5) is 34.0. The number of carbonyl (C=O) groups excluding carboxylic acids is 1. The number of ether oxygens (including phenoxy) is 1. The second-order valence-corrected chi connectivity index (χ2v) is 7.42. The molecule has 1 amide bonds. The largest absolute Gasteiger partial charge is 0.480 e. The van der Waals surface area contributed by atoms with Crippen LogP contribution in [-0.2, 0) is 4.79 Å². The molecule has 10 heteroatoms. The smallest absolute Gasteiger partial charge is 0.328 e. The molecule has 3 heterocycles. The molecule has 0 spiro atoms. The topological polar surface area (TPSA) is 136 Å². The van der Waals surface area contributed by atoms with Crippen molar-refractivity contribution < 1.29 is 19.4 Å². The van der Waals surface area contributed by atoms with Crippen LogP contribution in [0.2, 0.25) is 0 Å². The number of amides is 1. The molecular formula is C21H22N6O4. The summed E-state index contributed by atoms with van der Waals surface area (Å²) >= 11 is 0. The van der Waals surface area contributed by atoms with Gasteiger partial charge in [-0.3, -0.25) is 9.48 Å². The summed E-state index contributed by atoms with van der Waals surface area (Å²) in [5, 5.41) is 13.4. The van der Waals surface area contributed by atoms with E-state index in [-0.39, 0.29) is 29.8 Å². The highest BCUT2D eigenvalue weighted by Crippen LogP contribution is 2.34. The van der Waals surface area contributed by atoms with Gasteiger partial charge in [-0.05, 0) is 49.6 Å². The van der Waals surface area contributed by atoms with E-state index >= 15 is 0 Å². The van der Waals surface area contributed by atoms with Gasteiger partial charge in [-0.15, -0.1) is 0 Å². The Morgan fingerprint density at radius 3 is 2.61 bits per heavy atom. The van der Waals surface area contributed by atoms with Gasteiger partial charge in [0.15, 0.2) is 0 Å². The number of anilines is 2. The first kappa shape index (κ1) is 20.3. The Bertz CT molecular complexity index is 1170. The SMILES string of the molecule is Cc1cc(N2CCOc3ncnc(N)c3C2=O)cc(C)c1-c1cnn(C(C)C(=O)O)c1. The molecule has 2 aromatic heterocycles. The van der Waals surface area contributed by atoms with Crippen LogP contribution in [0.4, 0.5) is 11.5 Å². The van der Waals surface area contributed by atoms with E-state index < -0.39 is 12.0 Å². The fourth-order valence-corrected chi connectivity index (χ4v) is 3.75. The van der Waals surface area contributed by atoms with Gasteiger partial charge >= 0.3 is 5.97 Å². The third-order valence-electron chi connectivity index (χ3n) is 5.33. The quantitative estimate of drug-likeness (QED) is 0.653. The summed E-state index contributed by atoms with van der Waals surface area (Å²) in [7, 11) is 0. The maximum Gasteiger partial charge on any atom is 0.328 e. The Balaban J connectivity index is 1.72. The number of rotatable bonds is 4. The van der Waals surface area contributed by atoms with Crippen LogP contribution in [0.15, 0.2) is 30.9 Å².